The minimum absolute atomic E-state index is 0.718. The van der Waals surface area contributed by atoms with Gasteiger partial charge in [0.25, 0.3) is 0 Å². The van der Waals surface area contributed by atoms with E-state index in [1.807, 2.05) is 12.1 Å². The smallest absolute Gasteiger partial charge is 0.191 e. The van der Waals surface area contributed by atoms with Crippen LogP contribution in [-0.4, -0.2) is 19.7 Å². The summed E-state index contributed by atoms with van der Waals surface area (Å²) in [6.07, 6.45) is 4.86. The molecule has 0 bridgehead atoms. The zero-order chi connectivity index (χ0) is 17.5. The van der Waals surface area contributed by atoms with Crippen LogP contribution in [0.2, 0.25) is 0 Å². The van der Waals surface area contributed by atoms with Gasteiger partial charge in [0.05, 0.1) is 10.7 Å². The molecule has 25 heavy (non-hydrogen) atoms. The number of aryl methyl sites for hydroxylation is 1. The third kappa shape index (κ3) is 4.80. The highest BCUT2D eigenvalue weighted by atomic mass is 32.2. The zero-order valence-electron chi connectivity index (χ0n) is 14.4. The Balaban J connectivity index is 1.71. The molecule has 0 amide bonds. The van der Waals surface area contributed by atoms with Crippen molar-refractivity contribution in [3.8, 4) is 0 Å². The summed E-state index contributed by atoms with van der Waals surface area (Å²) in [6.45, 7) is 6.77. The van der Waals surface area contributed by atoms with E-state index in [0.29, 0.717) is 0 Å². The predicted molar refractivity (Wildman–Crippen MR) is 105 cm³/mol. The first-order valence-electron chi connectivity index (χ1n) is 8.43. The van der Waals surface area contributed by atoms with Crippen molar-refractivity contribution in [1.82, 2.24) is 19.7 Å². The van der Waals surface area contributed by atoms with Gasteiger partial charge < -0.3 is 4.57 Å². The molecule has 0 radical (unpaired) electrons. The van der Waals surface area contributed by atoms with Crippen LogP contribution in [0.15, 0.2) is 53.5 Å². The molecule has 0 saturated heterocycles. The summed E-state index contributed by atoms with van der Waals surface area (Å²) in [5, 5.41) is 13.1. The van der Waals surface area contributed by atoms with Crippen molar-refractivity contribution in [2.45, 2.75) is 43.6 Å². The summed E-state index contributed by atoms with van der Waals surface area (Å²) in [5.41, 5.74) is 2.36. The molecule has 4 nitrogen and oxygen atoms in total. The van der Waals surface area contributed by atoms with E-state index in [1.165, 1.54) is 10.6 Å². The Morgan fingerprint density at radius 2 is 2.08 bits per heavy atom. The van der Waals surface area contributed by atoms with Gasteiger partial charge >= 0.3 is 0 Å². The van der Waals surface area contributed by atoms with Gasteiger partial charge in [0.15, 0.2) is 5.16 Å². The number of thioether (sulfide) groups is 1. The molecule has 6 heteroatoms. The summed E-state index contributed by atoms with van der Waals surface area (Å²) < 4.78 is 2.14. The van der Waals surface area contributed by atoms with Crippen LogP contribution in [0.4, 0.5) is 0 Å². The highest BCUT2D eigenvalue weighted by molar-refractivity contribution is 7.98. The van der Waals surface area contributed by atoms with Gasteiger partial charge in [-0.15, -0.1) is 28.1 Å². The maximum atomic E-state index is 4.69. The maximum absolute atomic E-state index is 4.69. The second-order valence-electron chi connectivity index (χ2n) is 5.73. The lowest BCUT2D eigenvalue weighted by Gasteiger charge is -2.07. The van der Waals surface area contributed by atoms with Gasteiger partial charge in [-0.05, 0) is 18.4 Å². The summed E-state index contributed by atoms with van der Waals surface area (Å²) in [7, 11) is 0. The first-order valence-corrected chi connectivity index (χ1v) is 10.3. The van der Waals surface area contributed by atoms with Crippen LogP contribution in [-0.2, 0) is 25.1 Å². The SMILES string of the molecule is C=CCn1c(Cc2ccccc2)nnc1SCc1csc(CCC)n1. The van der Waals surface area contributed by atoms with Gasteiger partial charge in [0, 0.05) is 24.1 Å². The molecule has 0 aliphatic rings. The van der Waals surface area contributed by atoms with Crippen molar-refractivity contribution < 1.29 is 0 Å². The lowest BCUT2D eigenvalue weighted by molar-refractivity contribution is 0.690. The predicted octanol–water partition coefficient (Wildman–Crippen LogP) is 4.76. The number of hydrogen-bond acceptors (Lipinski definition) is 5. The second-order valence-corrected chi connectivity index (χ2v) is 7.62. The largest absolute Gasteiger partial charge is 0.302 e. The van der Waals surface area contributed by atoms with Crippen molar-refractivity contribution in [2.75, 3.05) is 0 Å². The Labute approximate surface area is 157 Å². The van der Waals surface area contributed by atoms with Crippen molar-refractivity contribution >= 4 is 23.1 Å². The number of thiazole rings is 1. The van der Waals surface area contributed by atoms with Crippen LogP contribution in [0.1, 0.15) is 35.4 Å². The molecule has 0 aliphatic heterocycles. The standard InChI is InChI=1S/C19H22N4S2/c1-3-8-18-20-16(13-24-18)14-25-19-22-21-17(23(19)11-4-2)12-15-9-6-5-7-10-15/h4-7,9-10,13H,2-3,8,11-12,14H2,1H3. The van der Waals surface area contributed by atoms with Crippen molar-refractivity contribution in [3.05, 3.63) is 70.5 Å². The molecule has 130 valence electrons. The summed E-state index contributed by atoms with van der Waals surface area (Å²) in [5.74, 6) is 1.79. The van der Waals surface area contributed by atoms with Crippen LogP contribution in [0.5, 0.6) is 0 Å². The Morgan fingerprint density at radius 1 is 1.24 bits per heavy atom. The highest BCUT2D eigenvalue weighted by Crippen LogP contribution is 2.24. The number of rotatable bonds is 9. The van der Waals surface area contributed by atoms with Crippen LogP contribution in [0.3, 0.4) is 0 Å². The third-order valence-corrected chi connectivity index (χ3v) is 5.68. The average molecular weight is 371 g/mol. The summed E-state index contributed by atoms with van der Waals surface area (Å²) in [6, 6.07) is 10.4. The van der Waals surface area contributed by atoms with E-state index in [-0.39, 0.29) is 0 Å². The second kappa shape index (κ2) is 8.97. The van der Waals surface area contributed by atoms with Gasteiger partial charge in [-0.1, -0.05) is 55.1 Å². The van der Waals surface area contributed by atoms with Crippen LogP contribution in [0.25, 0.3) is 0 Å². The molecule has 3 rings (SSSR count). The molecule has 0 saturated carbocycles. The van der Waals surface area contributed by atoms with Crippen LogP contribution < -0.4 is 0 Å². The highest BCUT2D eigenvalue weighted by Gasteiger charge is 2.13. The van der Waals surface area contributed by atoms with Gasteiger partial charge in [-0.25, -0.2) is 4.98 Å². The van der Waals surface area contributed by atoms with Crippen LogP contribution in [0, 0.1) is 0 Å². The Bertz CT molecular complexity index is 808. The molecular weight excluding hydrogens is 348 g/mol. The summed E-state index contributed by atoms with van der Waals surface area (Å²) in [4.78, 5) is 4.69. The van der Waals surface area contributed by atoms with Gasteiger partial charge in [0.1, 0.15) is 5.82 Å². The molecule has 2 heterocycles. The van der Waals surface area contributed by atoms with Crippen molar-refractivity contribution in [3.63, 3.8) is 0 Å². The van der Waals surface area contributed by atoms with Gasteiger partial charge in [0.2, 0.25) is 0 Å². The van der Waals surface area contributed by atoms with E-state index in [9.17, 15) is 0 Å². The van der Waals surface area contributed by atoms with Gasteiger partial charge in [-0.3, -0.25) is 0 Å². The number of hydrogen-bond donors (Lipinski definition) is 0. The molecule has 0 N–H and O–H groups in total. The average Bonchev–Trinajstić information content (AvgIpc) is 3.23. The normalized spacial score (nSPS) is 10.9. The van der Waals surface area contributed by atoms with E-state index >= 15 is 0 Å². The molecule has 0 spiro atoms. The lowest BCUT2D eigenvalue weighted by Crippen LogP contribution is -2.04. The Kier molecular flexibility index (Phi) is 6.42. The van der Waals surface area contributed by atoms with Crippen LogP contribution >= 0.6 is 23.1 Å². The van der Waals surface area contributed by atoms with E-state index in [1.54, 1.807) is 23.1 Å². The monoisotopic (exact) mass is 370 g/mol. The number of allylic oxidation sites excluding steroid dienone is 1. The van der Waals surface area contributed by atoms with E-state index in [4.69, 9.17) is 0 Å². The fourth-order valence-electron chi connectivity index (χ4n) is 2.53. The maximum Gasteiger partial charge on any atom is 0.191 e. The molecular formula is C19H22N4S2. The van der Waals surface area contributed by atoms with E-state index < -0.39 is 0 Å². The molecule has 0 unspecified atom stereocenters. The minimum Gasteiger partial charge on any atom is -0.302 e. The first-order chi connectivity index (χ1) is 12.3. The van der Waals surface area contributed by atoms with Crippen molar-refractivity contribution in [2.24, 2.45) is 0 Å². The molecule has 0 fully saturated rings. The fourth-order valence-corrected chi connectivity index (χ4v) is 4.39. The number of aromatic nitrogens is 4. The van der Waals surface area contributed by atoms with Gasteiger partial charge in [-0.2, -0.15) is 0 Å². The minimum atomic E-state index is 0.718. The molecule has 1 aromatic carbocycles. The van der Waals surface area contributed by atoms with Crippen molar-refractivity contribution in [1.29, 1.82) is 0 Å². The van der Waals surface area contributed by atoms with E-state index in [0.717, 1.165) is 48.2 Å². The molecule has 0 aliphatic carbocycles. The lowest BCUT2D eigenvalue weighted by atomic mass is 10.1. The number of benzene rings is 1. The third-order valence-electron chi connectivity index (χ3n) is 3.72. The Morgan fingerprint density at radius 3 is 2.84 bits per heavy atom. The fraction of sp³-hybridized carbons (Fsp3) is 0.316. The zero-order valence-corrected chi connectivity index (χ0v) is 16.0. The molecule has 0 atom stereocenters. The molecule has 3 aromatic rings. The number of nitrogens with zero attached hydrogens (tertiary/aromatic N) is 4. The quantitative estimate of drug-likeness (QED) is 0.402. The topological polar surface area (TPSA) is 43.6 Å². The Hall–Kier alpha value is -1.92. The molecule has 2 aromatic heterocycles. The summed E-state index contributed by atoms with van der Waals surface area (Å²) >= 11 is 3.44. The first kappa shape index (κ1) is 17.9. The van der Waals surface area contributed by atoms with E-state index in [2.05, 4.69) is 62.9 Å².